The number of amides is 1. The van der Waals surface area contributed by atoms with Crippen LogP contribution in [0.25, 0.3) is 11.0 Å². The molecule has 1 amide bonds. The van der Waals surface area contributed by atoms with Crippen molar-refractivity contribution in [3.05, 3.63) is 71.9 Å². The number of carbonyl (C=O) groups is 1. The van der Waals surface area contributed by atoms with Crippen LogP contribution in [0.5, 0.6) is 0 Å². The first-order valence-corrected chi connectivity index (χ1v) is 9.40. The average molecular weight is 399 g/mol. The summed E-state index contributed by atoms with van der Waals surface area (Å²) in [4.78, 5) is 19.1. The van der Waals surface area contributed by atoms with Crippen molar-refractivity contribution < 1.29 is 13.6 Å². The highest BCUT2D eigenvalue weighted by molar-refractivity contribution is 7.99. The Morgan fingerprint density at radius 2 is 1.93 bits per heavy atom. The van der Waals surface area contributed by atoms with E-state index in [0.29, 0.717) is 28.6 Å². The quantitative estimate of drug-likeness (QED) is 0.484. The van der Waals surface area contributed by atoms with Crippen LogP contribution in [0.4, 0.5) is 14.6 Å². The van der Waals surface area contributed by atoms with E-state index in [2.05, 4.69) is 20.4 Å². The fraction of sp³-hybridized carbons (Fsp3) is 0.105. The maximum absolute atomic E-state index is 13.3. The standard InChI is InChI=1S/C19H15F2N5OS/c20-13-8-15-16(9-14(13)21)23-19(22-15)28-11-18(27)24-17-6-7-26(25-17)10-12-4-2-1-3-5-12/h1-9H,10-11H2,(H,22,23)(H,24,25,27). The lowest BCUT2D eigenvalue weighted by molar-refractivity contribution is -0.113. The Balaban J connectivity index is 1.33. The Kier molecular flexibility index (Phi) is 5.07. The second-order valence-corrected chi connectivity index (χ2v) is 7.01. The number of aromatic amines is 1. The fourth-order valence-corrected chi connectivity index (χ4v) is 3.33. The van der Waals surface area contributed by atoms with Gasteiger partial charge in [-0.3, -0.25) is 9.48 Å². The van der Waals surface area contributed by atoms with Crippen LogP contribution in [-0.4, -0.2) is 31.4 Å². The zero-order valence-corrected chi connectivity index (χ0v) is 15.3. The first-order chi connectivity index (χ1) is 13.6. The van der Waals surface area contributed by atoms with Gasteiger partial charge in [0.05, 0.1) is 23.3 Å². The van der Waals surface area contributed by atoms with Crippen LogP contribution in [0.15, 0.2) is 59.9 Å². The normalized spacial score (nSPS) is 11.1. The van der Waals surface area contributed by atoms with Crippen molar-refractivity contribution in [2.45, 2.75) is 11.7 Å². The molecular weight excluding hydrogens is 384 g/mol. The van der Waals surface area contributed by atoms with Gasteiger partial charge in [-0.25, -0.2) is 13.8 Å². The lowest BCUT2D eigenvalue weighted by atomic mass is 10.2. The monoisotopic (exact) mass is 399 g/mol. The summed E-state index contributed by atoms with van der Waals surface area (Å²) in [5.74, 6) is -1.63. The third kappa shape index (κ3) is 4.20. The van der Waals surface area contributed by atoms with Crippen molar-refractivity contribution in [2.24, 2.45) is 0 Å². The predicted octanol–water partition coefficient (Wildman–Crippen LogP) is 3.82. The van der Waals surface area contributed by atoms with E-state index < -0.39 is 11.6 Å². The number of thioether (sulfide) groups is 1. The van der Waals surface area contributed by atoms with Gasteiger partial charge in [0.15, 0.2) is 22.6 Å². The minimum atomic E-state index is -0.959. The summed E-state index contributed by atoms with van der Waals surface area (Å²) in [5, 5.41) is 7.45. The molecule has 0 saturated carbocycles. The summed E-state index contributed by atoms with van der Waals surface area (Å²) in [6.07, 6.45) is 1.79. The third-order valence-corrected chi connectivity index (χ3v) is 4.81. The van der Waals surface area contributed by atoms with Gasteiger partial charge in [-0.05, 0) is 5.56 Å². The van der Waals surface area contributed by atoms with E-state index in [0.717, 1.165) is 29.5 Å². The van der Waals surface area contributed by atoms with Crippen LogP contribution >= 0.6 is 11.8 Å². The Hall–Kier alpha value is -3.20. The molecule has 6 nitrogen and oxygen atoms in total. The fourth-order valence-electron chi connectivity index (χ4n) is 2.65. The van der Waals surface area contributed by atoms with E-state index >= 15 is 0 Å². The van der Waals surface area contributed by atoms with Crippen molar-refractivity contribution in [3.63, 3.8) is 0 Å². The van der Waals surface area contributed by atoms with Gasteiger partial charge in [0.1, 0.15) is 0 Å². The summed E-state index contributed by atoms with van der Waals surface area (Å²) < 4.78 is 28.2. The zero-order valence-electron chi connectivity index (χ0n) is 14.5. The van der Waals surface area contributed by atoms with Gasteiger partial charge in [0, 0.05) is 24.4 Å². The van der Waals surface area contributed by atoms with Crippen molar-refractivity contribution >= 4 is 34.5 Å². The Morgan fingerprint density at radius 1 is 1.14 bits per heavy atom. The van der Waals surface area contributed by atoms with E-state index in [-0.39, 0.29) is 11.7 Å². The first-order valence-electron chi connectivity index (χ1n) is 8.41. The van der Waals surface area contributed by atoms with Gasteiger partial charge < -0.3 is 10.3 Å². The number of halogens is 2. The second kappa shape index (κ2) is 7.81. The van der Waals surface area contributed by atoms with Crippen molar-refractivity contribution in [3.8, 4) is 0 Å². The van der Waals surface area contributed by atoms with Crippen LogP contribution in [0.3, 0.4) is 0 Å². The molecule has 0 aliphatic heterocycles. The summed E-state index contributed by atoms with van der Waals surface area (Å²) in [6.45, 7) is 0.609. The summed E-state index contributed by atoms with van der Waals surface area (Å²) in [7, 11) is 0. The van der Waals surface area contributed by atoms with E-state index in [9.17, 15) is 13.6 Å². The summed E-state index contributed by atoms with van der Waals surface area (Å²) in [5.41, 5.74) is 1.79. The first kappa shape index (κ1) is 18.2. The maximum atomic E-state index is 13.3. The molecule has 4 aromatic rings. The maximum Gasteiger partial charge on any atom is 0.236 e. The molecule has 2 heterocycles. The summed E-state index contributed by atoms with van der Waals surface area (Å²) >= 11 is 1.14. The van der Waals surface area contributed by atoms with Crippen LogP contribution in [0.1, 0.15) is 5.56 Å². The van der Waals surface area contributed by atoms with Crippen molar-refractivity contribution in [2.75, 3.05) is 11.1 Å². The van der Waals surface area contributed by atoms with Gasteiger partial charge in [0.2, 0.25) is 5.91 Å². The molecule has 28 heavy (non-hydrogen) atoms. The topological polar surface area (TPSA) is 75.6 Å². The lowest BCUT2D eigenvalue weighted by Crippen LogP contribution is -2.15. The molecule has 0 unspecified atom stereocenters. The molecule has 9 heteroatoms. The number of rotatable bonds is 6. The van der Waals surface area contributed by atoms with Crippen molar-refractivity contribution in [1.82, 2.24) is 19.7 Å². The number of aromatic nitrogens is 4. The van der Waals surface area contributed by atoms with E-state index in [1.54, 1.807) is 16.9 Å². The molecule has 142 valence electrons. The molecule has 2 aromatic heterocycles. The number of benzene rings is 2. The number of nitrogens with one attached hydrogen (secondary N) is 2. The number of imidazole rings is 1. The van der Waals surface area contributed by atoms with Gasteiger partial charge in [-0.1, -0.05) is 42.1 Å². The number of hydrogen-bond acceptors (Lipinski definition) is 4. The summed E-state index contributed by atoms with van der Waals surface area (Å²) in [6, 6.07) is 13.7. The number of carbonyl (C=O) groups excluding carboxylic acids is 1. The molecule has 0 aliphatic carbocycles. The van der Waals surface area contributed by atoms with E-state index in [1.807, 2.05) is 30.3 Å². The number of H-pyrrole nitrogens is 1. The van der Waals surface area contributed by atoms with Gasteiger partial charge >= 0.3 is 0 Å². The SMILES string of the molecule is O=C(CSc1nc2cc(F)c(F)cc2[nH]1)Nc1ccn(Cc2ccccc2)n1. The van der Waals surface area contributed by atoms with Crippen LogP contribution in [0.2, 0.25) is 0 Å². The molecule has 0 spiro atoms. The minimum Gasteiger partial charge on any atom is -0.333 e. The number of anilines is 1. The Bertz CT molecular complexity index is 1090. The molecule has 0 radical (unpaired) electrons. The number of nitrogens with zero attached hydrogens (tertiary/aromatic N) is 3. The van der Waals surface area contributed by atoms with E-state index in [4.69, 9.17) is 0 Å². The van der Waals surface area contributed by atoms with Crippen molar-refractivity contribution in [1.29, 1.82) is 0 Å². The van der Waals surface area contributed by atoms with Crippen LogP contribution in [0, 0.1) is 11.6 Å². The molecule has 0 aliphatic rings. The molecule has 0 bridgehead atoms. The minimum absolute atomic E-state index is 0.0797. The average Bonchev–Trinajstić information content (AvgIpc) is 3.27. The predicted molar refractivity (Wildman–Crippen MR) is 103 cm³/mol. The molecule has 2 N–H and O–H groups in total. The highest BCUT2D eigenvalue weighted by Crippen LogP contribution is 2.22. The Labute approximate surface area is 163 Å². The lowest BCUT2D eigenvalue weighted by Gasteiger charge is -2.02. The van der Waals surface area contributed by atoms with Gasteiger partial charge in [-0.15, -0.1) is 0 Å². The molecule has 0 saturated heterocycles. The molecule has 0 atom stereocenters. The Morgan fingerprint density at radius 3 is 2.75 bits per heavy atom. The molecule has 4 rings (SSSR count). The van der Waals surface area contributed by atoms with Gasteiger partial charge in [-0.2, -0.15) is 5.10 Å². The molecule has 2 aromatic carbocycles. The van der Waals surface area contributed by atoms with Gasteiger partial charge in [0.25, 0.3) is 0 Å². The largest absolute Gasteiger partial charge is 0.333 e. The smallest absolute Gasteiger partial charge is 0.236 e. The van der Waals surface area contributed by atoms with Crippen LogP contribution in [-0.2, 0) is 11.3 Å². The highest BCUT2D eigenvalue weighted by atomic mass is 32.2. The highest BCUT2D eigenvalue weighted by Gasteiger charge is 2.11. The third-order valence-electron chi connectivity index (χ3n) is 3.94. The molecular formula is C19H15F2N5OS. The van der Waals surface area contributed by atoms with Crippen LogP contribution < -0.4 is 5.32 Å². The number of hydrogen-bond donors (Lipinski definition) is 2. The second-order valence-electron chi connectivity index (χ2n) is 6.05. The molecule has 0 fully saturated rings. The zero-order chi connectivity index (χ0) is 19.5. The van der Waals surface area contributed by atoms with E-state index in [1.165, 1.54) is 0 Å². The number of fused-ring (bicyclic) bond motifs is 1.